The van der Waals surface area contributed by atoms with Gasteiger partial charge in [-0.25, -0.2) is 4.79 Å². The lowest BCUT2D eigenvalue weighted by atomic mass is 9.93. The maximum Gasteiger partial charge on any atom is 0.410 e. The summed E-state index contributed by atoms with van der Waals surface area (Å²) in [6.45, 7) is 6.80. The van der Waals surface area contributed by atoms with Crippen LogP contribution in [0.25, 0.3) is 0 Å². The Morgan fingerprint density at radius 3 is 2.65 bits per heavy atom. The van der Waals surface area contributed by atoms with Crippen LogP contribution in [0.3, 0.4) is 0 Å². The molecule has 1 aromatic carbocycles. The molecule has 0 spiro atoms. The molecule has 0 bridgehead atoms. The molecule has 2 aliphatic rings. The summed E-state index contributed by atoms with van der Waals surface area (Å²) in [6, 6.07) is 5.56. The van der Waals surface area contributed by atoms with E-state index < -0.39 is 5.60 Å². The maximum atomic E-state index is 12.3. The van der Waals surface area contributed by atoms with Gasteiger partial charge in [-0.1, -0.05) is 29.3 Å². The summed E-state index contributed by atoms with van der Waals surface area (Å²) < 4.78 is 5.46. The van der Waals surface area contributed by atoms with Crippen molar-refractivity contribution in [2.24, 2.45) is 11.8 Å². The minimum atomic E-state index is -0.517. The van der Waals surface area contributed by atoms with Crippen molar-refractivity contribution in [3.8, 4) is 0 Å². The number of amides is 1. The van der Waals surface area contributed by atoms with Crippen LogP contribution in [0, 0.1) is 11.8 Å². The predicted octanol–water partition coefficient (Wildman–Crippen LogP) is 3.72. The largest absolute Gasteiger partial charge is 0.444 e. The lowest BCUT2D eigenvalue weighted by Gasteiger charge is -2.27. The van der Waals surface area contributed by atoms with Crippen molar-refractivity contribution in [1.82, 2.24) is 4.90 Å². The van der Waals surface area contributed by atoms with Crippen molar-refractivity contribution in [3.05, 3.63) is 33.8 Å². The van der Waals surface area contributed by atoms with Crippen molar-refractivity contribution in [3.63, 3.8) is 0 Å². The zero-order chi connectivity index (χ0) is 17.0. The zero-order valence-corrected chi connectivity index (χ0v) is 15.0. The van der Waals surface area contributed by atoms with Gasteiger partial charge in [0.05, 0.1) is 10.0 Å². The molecule has 1 amide bonds. The van der Waals surface area contributed by atoms with E-state index in [1.165, 1.54) is 0 Å². The van der Waals surface area contributed by atoms with E-state index in [9.17, 15) is 9.90 Å². The quantitative estimate of drug-likeness (QED) is 0.877. The summed E-state index contributed by atoms with van der Waals surface area (Å²) in [5, 5.41) is 10.7. The molecule has 3 atom stereocenters. The summed E-state index contributed by atoms with van der Waals surface area (Å²) in [4.78, 5) is 14.0. The lowest BCUT2D eigenvalue weighted by molar-refractivity contribution is 0.0254. The van der Waals surface area contributed by atoms with Crippen molar-refractivity contribution >= 4 is 29.3 Å². The van der Waals surface area contributed by atoms with Crippen LogP contribution in [0.15, 0.2) is 18.2 Å². The molecule has 1 saturated carbocycles. The highest BCUT2D eigenvalue weighted by molar-refractivity contribution is 6.42. The topological polar surface area (TPSA) is 49.8 Å². The molecule has 0 radical (unpaired) electrons. The smallest absolute Gasteiger partial charge is 0.410 e. The highest BCUT2D eigenvalue weighted by Crippen LogP contribution is 2.64. The average molecular weight is 358 g/mol. The Bertz CT molecular complexity index is 643. The molecule has 1 N–H and O–H groups in total. The van der Waals surface area contributed by atoms with Crippen LogP contribution in [0.2, 0.25) is 10.0 Å². The highest BCUT2D eigenvalue weighted by atomic mass is 35.5. The van der Waals surface area contributed by atoms with E-state index in [1.807, 2.05) is 32.9 Å². The number of likely N-dealkylation sites (tertiary alicyclic amines) is 1. The maximum absolute atomic E-state index is 12.3. The van der Waals surface area contributed by atoms with Gasteiger partial charge in [0.15, 0.2) is 0 Å². The van der Waals surface area contributed by atoms with Gasteiger partial charge in [0.2, 0.25) is 0 Å². The van der Waals surface area contributed by atoms with Gasteiger partial charge >= 0.3 is 6.09 Å². The Kier molecular flexibility index (Phi) is 4.06. The molecule has 4 nitrogen and oxygen atoms in total. The molecule has 1 aromatic rings. The number of ether oxygens (including phenoxy) is 1. The molecule has 1 heterocycles. The summed E-state index contributed by atoms with van der Waals surface area (Å²) in [6.07, 6.45) is -0.305. The summed E-state index contributed by atoms with van der Waals surface area (Å²) in [5.74, 6) is 0.385. The monoisotopic (exact) mass is 357 g/mol. The van der Waals surface area contributed by atoms with Gasteiger partial charge in [-0.2, -0.15) is 0 Å². The molecule has 126 valence electrons. The Morgan fingerprint density at radius 2 is 2.09 bits per heavy atom. The molecule has 0 unspecified atom stereocenters. The Balaban J connectivity index is 1.83. The molecular weight excluding hydrogens is 337 g/mol. The van der Waals surface area contributed by atoms with E-state index in [0.29, 0.717) is 23.1 Å². The van der Waals surface area contributed by atoms with E-state index in [2.05, 4.69) is 0 Å². The number of aliphatic hydroxyl groups is 1. The first-order valence-corrected chi connectivity index (χ1v) is 8.49. The SMILES string of the molecule is CC(C)(C)OC(=O)N1C[C@H]2[C@H](CO)[C@@]2(c2ccc(Cl)c(Cl)c2)C1. The number of hydrogen-bond acceptors (Lipinski definition) is 3. The number of benzene rings is 1. The fraction of sp³-hybridized carbons (Fsp3) is 0.588. The second-order valence-electron chi connectivity index (χ2n) is 7.43. The number of nitrogens with zero attached hydrogens (tertiary/aromatic N) is 1. The van der Waals surface area contributed by atoms with E-state index in [-0.39, 0.29) is 30.0 Å². The number of rotatable bonds is 2. The second kappa shape index (κ2) is 5.54. The summed E-state index contributed by atoms with van der Waals surface area (Å²) in [5.41, 5.74) is 0.277. The second-order valence-corrected chi connectivity index (χ2v) is 8.24. The predicted molar refractivity (Wildman–Crippen MR) is 90.0 cm³/mol. The number of fused-ring (bicyclic) bond motifs is 1. The van der Waals surface area contributed by atoms with Gasteiger partial charge in [0, 0.05) is 25.1 Å². The fourth-order valence-corrected chi connectivity index (χ4v) is 4.11. The van der Waals surface area contributed by atoms with E-state index in [4.69, 9.17) is 27.9 Å². The highest BCUT2D eigenvalue weighted by Gasteiger charge is 2.70. The number of hydrogen-bond donors (Lipinski definition) is 1. The van der Waals surface area contributed by atoms with Crippen molar-refractivity contribution in [2.75, 3.05) is 19.7 Å². The molecule has 1 aliphatic carbocycles. The van der Waals surface area contributed by atoms with Crippen LogP contribution in [0.1, 0.15) is 26.3 Å². The average Bonchev–Trinajstić information content (AvgIpc) is 2.87. The Labute approximate surface area is 146 Å². The van der Waals surface area contributed by atoms with Crippen molar-refractivity contribution in [1.29, 1.82) is 0 Å². The number of halogens is 2. The fourth-order valence-electron chi connectivity index (χ4n) is 3.81. The van der Waals surface area contributed by atoms with E-state index in [1.54, 1.807) is 11.0 Å². The standard InChI is InChI=1S/C17H21Cl2NO3/c1-16(2,3)23-15(22)20-7-11-12(8-21)17(11,9-20)10-4-5-13(18)14(19)6-10/h4-6,11-12,21H,7-9H2,1-3H3/t11-,12-,17+/m0/s1. The molecule has 0 aromatic heterocycles. The minimum Gasteiger partial charge on any atom is -0.444 e. The first kappa shape index (κ1) is 16.9. The van der Waals surface area contributed by atoms with Gasteiger partial charge in [0.1, 0.15) is 5.60 Å². The molecular formula is C17H21Cl2NO3. The van der Waals surface area contributed by atoms with E-state index in [0.717, 1.165) is 5.56 Å². The van der Waals surface area contributed by atoms with Crippen LogP contribution < -0.4 is 0 Å². The Morgan fingerprint density at radius 1 is 1.39 bits per heavy atom. The molecule has 3 rings (SSSR count). The number of piperidine rings is 1. The molecule has 2 fully saturated rings. The van der Waals surface area contributed by atoms with E-state index >= 15 is 0 Å². The third-order valence-corrected chi connectivity index (χ3v) is 5.61. The first-order chi connectivity index (χ1) is 10.7. The van der Waals surface area contributed by atoms with Gasteiger partial charge in [0.25, 0.3) is 0 Å². The van der Waals surface area contributed by atoms with Crippen LogP contribution in [0.5, 0.6) is 0 Å². The van der Waals surface area contributed by atoms with Gasteiger partial charge in [-0.15, -0.1) is 0 Å². The summed E-state index contributed by atoms with van der Waals surface area (Å²) in [7, 11) is 0. The zero-order valence-electron chi connectivity index (χ0n) is 13.5. The van der Waals surface area contributed by atoms with Crippen molar-refractivity contribution < 1.29 is 14.6 Å². The lowest BCUT2D eigenvalue weighted by Crippen LogP contribution is -2.39. The number of carbonyl (C=O) groups is 1. The number of carbonyl (C=O) groups excluding carboxylic acids is 1. The third-order valence-electron chi connectivity index (χ3n) is 4.87. The third kappa shape index (κ3) is 2.81. The first-order valence-electron chi connectivity index (χ1n) is 7.73. The number of aliphatic hydroxyl groups excluding tert-OH is 1. The Hall–Kier alpha value is -0.970. The van der Waals surface area contributed by atoms with Gasteiger partial charge in [-0.05, 0) is 50.3 Å². The van der Waals surface area contributed by atoms with Gasteiger partial charge < -0.3 is 14.7 Å². The molecule has 23 heavy (non-hydrogen) atoms. The van der Waals surface area contributed by atoms with Crippen LogP contribution in [-0.4, -0.2) is 41.4 Å². The summed E-state index contributed by atoms with van der Waals surface area (Å²) >= 11 is 12.2. The van der Waals surface area contributed by atoms with Gasteiger partial charge in [-0.3, -0.25) is 0 Å². The molecule has 1 aliphatic heterocycles. The molecule has 1 saturated heterocycles. The van der Waals surface area contributed by atoms with Crippen molar-refractivity contribution in [2.45, 2.75) is 31.8 Å². The van der Waals surface area contributed by atoms with Crippen LogP contribution in [-0.2, 0) is 10.2 Å². The minimum absolute atomic E-state index is 0.104. The normalized spacial score (nSPS) is 29.4. The van der Waals surface area contributed by atoms with Crippen LogP contribution in [0.4, 0.5) is 4.79 Å². The van der Waals surface area contributed by atoms with Crippen LogP contribution >= 0.6 is 23.2 Å². The molecule has 6 heteroatoms.